The fourth-order valence-electron chi connectivity index (χ4n) is 3.29. The highest BCUT2D eigenvalue weighted by atomic mass is 32.2. The zero-order valence-electron chi connectivity index (χ0n) is 17.9. The summed E-state index contributed by atoms with van der Waals surface area (Å²) in [5, 5.41) is 7.08. The van der Waals surface area contributed by atoms with Crippen molar-refractivity contribution in [3.05, 3.63) is 73.2 Å². The number of benzene rings is 1. The molecule has 7 nitrogen and oxygen atoms in total. The molecule has 160 valence electrons. The van der Waals surface area contributed by atoms with Crippen LogP contribution in [0.15, 0.2) is 38.4 Å². The molecule has 0 aliphatic heterocycles. The smallest absolute Gasteiger partial charge is 0.329 e. The Morgan fingerprint density at radius 3 is 2.67 bits per heavy atom. The largest absolute Gasteiger partial charge is 0.361 e. The highest BCUT2D eigenvalue weighted by Crippen LogP contribution is 2.20. The lowest BCUT2D eigenvalue weighted by atomic mass is 10.1. The predicted octanol–water partition coefficient (Wildman–Crippen LogP) is 4.08. The van der Waals surface area contributed by atoms with Crippen molar-refractivity contribution in [2.45, 2.75) is 52.8 Å². The number of aryl methyl sites for hydroxylation is 4. The minimum Gasteiger partial charge on any atom is -0.361 e. The fraction of sp³-hybridized carbons (Fsp3) is 0.409. The number of aromatic amines is 1. The first-order valence-corrected chi connectivity index (χ1v) is 11.2. The van der Waals surface area contributed by atoms with Gasteiger partial charge in [0.05, 0.1) is 5.69 Å². The van der Waals surface area contributed by atoms with E-state index in [2.05, 4.69) is 29.3 Å². The first-order valence-electron chi connectivity index (χ1n) is 10.1. The third kappa shape index (κ3) is 5.24. The molecule has 0 aliphatic rings. The van der Waals surface area contributed by atoms with E-state index in [0.717, 1.165) is 47.1 Å². The topological polar surface area (TPSA) is 92.9 Å². The molecule has 2 N–H and O–H groups in total. The monoisotopic (exact) mass is 428 g/mol. The summed E-state index contributed by atoms with van der Waals surface area (Å²) in [5.74, 6) is 2.89. The van der Waals surface area contributed by atoms with E-state index in [1.165, 1.54) is 21.8 Å². The van der Waals surface area contributed by atoms with Crippen molar-refractivity contribution in [3.8, 4) is 0 Å². The van der Waals surface area contributed by atoms with Gasteiger partial charge < -0.3 is 9.84 Å². The molecule has 2 heterocycles. The van der Waals surface area contributed by atoms with Gasteiger partial charge in [-0.3, -0.25) is 14.3 Å². The molecular formula is C22H28N4O3S. The van der Waals surface area contributed by atoms with Crippen LogP contribution in [0.3, 0.4) is 0 Å². The van der Waals surface area contributed by atoms with Crippen molar-refractivity contribution in [2.75, 3.05) is 11.1 Å². The molecule has 2 aromatic heterocycles. The van der Waals surface area contributed by atoms with Gasteiger partial charge >= 0.3 is 5.69 Å². The summed E-state index contributed by atoms with van der Waals surface area (Å²) in [6.07, 6.45) is 1.65. The molecule has 3 rings (SSSR count). The summed E-state index contributed by atoms with van der Waals surface area (Å²) in [6.45, 7) is 8.39. The van der Waals surface area contributed by atoms with E-state index in [4.69, 9.17) is 4.52 Å². The van der Waals surface area contributed by atoms with Crippen LogP contribution in [-0.2, 0) is 18.7 Å². The van der Waals surface area contributed by atoms with Gasteiger partial charge in [-0.1, -0.05) is 18.1 Å². The number of rotatable bonds is 9. The number of hydrogen-bond donors (Lipinski definition) is 2. The number of H-pyrrole nitrogens is 1. The third-order valence-electron chi connectivity index (χ3n) is 5.13. The minimum absolute atomic E-state index is 0.306. The zero-order valence-corrected chi connectivity index (χ0v) is 18.7. The van der Waals surface area contributed by atoms with Gasteiger partial charge in [-0.05, 0) is 62.6 Å². The number of aromatic nitrogens is 3. The molecular weight excluding hydrogens is 400 g/mol. The van der Waals surface area contributed by atoms with E-state index < -0.39 is 5.69 Å². The Hall–Kier alpha value is -2.74. The van der Waals surface area contributed by atoms with Gasteiger partial charge in [-0.2, -0.15) is 11.8 Å². The molecule has 0 fully saturated rings. The maximum Gasteiger partial charge on any atom is 0.329 e. The van der Waals surface area contributed by atoms with Crippen molar-refractivity contribution in [1.29, 1.82) is 0 Å². The average Bonchev–Trinajstić information content (AvgIpc) is 3.02. The van der Waals surface area contributed by atoms with Crippen LogP contribution < -0.4 is 16.6 Å². The number of nitrogens with zero attached hydrogens (tertiary/aromatic N) is 2. The Labute approximate surface area is 179 Å². The summed E-state index contributed by atoms with van der Waals surface area (Å²) in [5.41, 5.74) is 4.62. The van der Waals surface area contributed by atoms with E-state index in [-0.39, 0.29) is 5.56 Å². The van der Waals surface area contributed by atoms with Crippen LogP contribution >= 0.6 is 11.8 Å². The van der Waals surface area contributed by atoms with Crippen LogP contribution in [0.4, 0.5) is 11.5 Å². The molecule has 0 saturated heterocycles. The van der Waals surface area contributed by atoms with E-state index in [0.29, 0.717) is 12.4 Å². The van der Waals surface area contributed by atoms with Crippen LogP contribution in [0.25, 0.3) is 0 Å². The van der Waals surface area contributed by atoms with Gasteiger partial charge in [0, 0.05) is 29.6 Å². The van der Waals surface area contributed by atoms with E-state index in [1.54, 1.807) is 11.8 Å². The molecule has 3 aromatic rings. The lowest BCUT2D eigenvalue weighted by molar-refractivity contribution is 0.392. The molecule has 8 heteroatoms. The predicted molar refractivity (Wildman–Crippen MR) is 122 cm³/mol. The first kappa shape index (κ1) is 22.0. The quantitative estimate of drug-likeness (QED) is 0.499. The van der Waals surface area contributed by atoms with Crippen molar-refractivity contribution < 1.29 is 4.52 Å². The van der Waals surface area contributed by atoms with E-state index in [9.17, 15) is 9.59 Å². The number of nitrogens with one attached hydrogen (secondary N) is 2. The van der Waals surface area contributed by atoms with Crippen LogP contribution in [0.5, 0.6) is 0 Å². The Morgan fingerprint density at radius 1 is 1.20 bits per heavy atom. The van der Waals surface area contributed by atoms with Gasteiger partial charge in [0.15, 0.2) is 0 Å². The molecule has 0 aliphatic carbocycles. The lowest BCUT2D eigenvalue weighted by Crippen LogP contribution is -2.35. The molecule has 0 unspecified atom stereocenters. The maximum atomic E-state index is 12.4. The van der Waals surface area contributed by atoms with Crippen molar-refractivity contribution in [1.82, 2.24) is 14.7 Å². The summed E-state index contributed by atoms with van der Waals surface area (Å²) >= 11 is 1.74. The number of thioether (sulfide) groups is 1. The van der Waals surface area contributed by atoms with E-state index in [1.807, 2.05) is 32.0 Å². The SMILES string of the molecule is CCc1cc(Nc2cc(=O)n(CCCSCc3c(C)noc3C)c(=O)[nH]2)ccc1C. The maximum absolute atomic E-state index is 12.4. The summed E-state index contributed by atoms with van der Waals surface area (Å²) in [6, 6.07) is 7.44. The zero-order chi connectivity index (χ0) is 21.7. The van der Waals surface area contributed by atoms with Crippen LogP contribution in [0, 0.1) is 20.8 Å². The Balaban J connectivity index is 1.58. The summed E-state index contributed by atoms with van der Waals surface area (Å²) < 4.78 is 6.41. The van der Waals surface area contributed by atoms with E-state index >= 15 is 0 Å². The standard InChI is InChI=1S/C22H28N4O3S/c1-5-17-11-18(8-7-14(17)2)23-20-12-21(27)26(22(28)24-20)9-6-10-30-13-19-15(3)25-29-16(19)4/h7-8,11-12,23H,5-6,9-10,13H2,1-4H3,(H,24,28). The van der Waals surface area contributed by atoms with Gasteiger partial charge in [0.2, 0.25) is 0 Å². The molecule has 0 amide bonds. The average molecular weight is 429 g/mol. The van der Waals surface area contributed by atoms with Gasteiger partial charge in [0.1, 0.15) is 11.6 Å². The highest BCUT2D eigenvalue weighted by molar-refractivity contribution is 7.98. The van der Waals surface area contributed by atoms with Crippen molar-refractivity contribution >= 4 is 23.3 Å². The second-order valence-electron chi connectivity index (χ2n) is 7.31. The van der Waals surface area contributed by atoms with Crippen LogP contribution in [0.1, 0.15) is 41.5 Å². The Morgan fingerprint density at radius 2 is 2.00 bits per heavy atom. The molecule has 0 spiro atoms. The fourth-order valence-corrected chi connectivity index (χ4v) is 4.39. The number of hydrogen-bond acceptors (Lipinski definition) is 6. The lowest BCUT2D eigenvalue weighted by Gasteiger charge is -2.11. The second-order valence-corrected chi connectivity index (χ2v) is 8.41. The first-order chi connectivity index (χ1) is 14.4. The molecule has 1 aromatic carbocycles. The summed E-state index contributed by atoms with van der Waals surface area (Å²) in [4.78, 5) is 27.6. The Kier molecular flexibility index (Phi) is 7.20. The molecule has 0 atom stereocenters. The molecule has 0 saturated carbocycles. The molecule has 30 heavy (non-hydrogen) atoms. The second kappa shape index (κ2) is 9.84. The third-order valence-corrected chi connectivity index (χ3v) is 6.20. The van der Waals surface area contributed by atoms with Crippen LogP contribution in [-0.4, -0.2) is 20.5 Å². The van der Waals surface area contributed by atoms with Gasteiger partial charge in [-0.15, -0.1) is 0 Å². The summed E-state index contributed by atoms with van der Waals surface area (Å²) in [7, 11) is 0. The van der Waals surface area contributed by atoms with Crippen molar-refractivity contribution in [2.24, 2.45) is 0 Å². The van der Waals surface area contributed by atoms with Crippen molar-refractivity contribution in [3.63, 3.8) is 0 Å². The molecule has 0 radical (unpaired) electrons. The minimum atomic E-state index is -0.399. The number of anilines is 2. The Bertz CT molecular complexity index is 1080. The van der Waals surface area contributed by atoms with Gasteiger partial charge in [-0.25, -0.2) is 4.79 Å². The van der Waals surface area contributed by atoms with Crippen LogP contribution in [0.2, 0.25) is 0 Å². The highest BCUT2D eigenvalue weighted by Gasteiger charge is 2.09. The normalized spacial score (nSPS) is 11.1. The van der Waals surface area contributed by atoms with Gasteiger partial charge in [0.25, 0.3) is 5.56 Å². The molecule has 0 bridgehead atoms.